The Morgan fingerprint density at radius 1 is 1.56 bits per heavy atom. The Balaban J connectivity index is 2.06. The van der Waals surface area contributed by atoms with Crippen LogP contribution in [0.2, 0.25) is 0 Å². The molecule has 0 saturated carbocycles. The normalized spacial score (nSPS) is 24.3. The van der Waals surface area contributed by atoms with E-state index in [4.69, 9.17) is 5.73 Å². The molecule has 2 rings (SSSR count). The standard InChI is InChI=1S/C13H22BrN3S/c1-3-16-4-5-17(8-10(16)2)12(7-15)13-6-11(14)9-18-13/h6,9-10,12H,3-5,7-8,15H2,1-2H3. The van der Waals surface area contributed by atoms with Crippen LogP contribution in [-0.4, -0.2) is 48.6 Å². The number of halogens is 1. The molecule has 0 amide bonds. The fraction of sp³-hybridized carbons (Fsp3) is 0.692. The van der Waals surface area contributed by atoms with Crippen molar-refractivity contribution < 1.29 is 0 Å². The lowest BCUT2D eigenvalue weighted by Crippen LogP contribution is -2.53. The Bertz CT molecular complexity index is 382. The van der Waals surface area contributed by atoms with E-state index in [1.165, 1.54) is 9.35 Å². The van der Waals surface area contributed by atoms with Crippen molar-refractivity contribution in [3.05, 3.63) is 20.8 Å². The van der Waals surface area contributed by atoms with Gasteiger partial charge < -0.3 is 5.73 Å². The molecule has 1 fully saturated rings. The SMILES string of the molecule is CCN1CCN(C(CN)c2cc(Br)cs2)CC1C. The van der Waals surface area contributed by atoms with Gasteiger partial charge >= 0.3 is 0 Å². The van der Waals surface area contributed by atoms with Gasteiger partial charge in [0.2, 0.25) is 0 Å². The summed E-state index contributed by atoms with van der Waals surface area (Å²) < 4.78 is 1.17. The Morgan fingerprint density at radius 2 is 2.33 bits per heavy atom. The monoisotopic (exact) mass is 331 g/mol. The van der Waals surface area contributed by atoms with Crippen molar-refractivity contribution in [2.75, 3.05) is 32.7 Å². The summed E-state index contributed by atoms with van der Waals surface area (Å²) in [4.78, 5) is 6.45. The van der Waals surface area contributed by atoms with E-state index >= 15 is 0 Å². The van der Waals surface area contributed by atoms with E-state index in [9.17, 15) is 0 Å². The number of piperazine rings is 1. The molecule has 102 valence electrons. The molecule has 18 heavy (non-hydrogen) atoms. The van der Waals surface area contributed by atoms with E-state index in [1.54, 1.807) is 11.3 Å². The molecule has 0 aromatic carbocycles. The smallest absolute Gasteiger partial charge is 0.0565 e. The number of thiophene rings is 1. The van der Waals surface area contributed by atoms with Crippen molar-refractivity contribution in [1.29, 1.82) is 0 Å². The third-order valence-corrected chi connectivity index (χ3v) is 5.58. The van der Waals surface area contributed by atoms with Crippen molar-refractivity contribution >= 4 is 27.3 Å². The quantitative estimate of drug-likeness (QED) is 0.920. The van der Waals surface area contributed by atoms with Crippen molar-refractivity contribution in [3.8, 4) is 0 Å². The highest BCUT2D eigenvalue weighted by Crippen LogP contribution is 2.30. The summed E-state index contributed by atoms with van der Waals surface area (Å²) in [6.07, 6.45) is 0. The van der Waals surface area contributed by atoms with Crippen molar-refractivity contribution in [3.63, 3.8) is 0 Å². The van der Waals surface area contributed by atoms with Gasteiger partial charge in [-0.1, -0.05) is 6.92 Å². The molecule has 2 N–H and O–H groups in total. The highest BCUT2D eigenvalue weighted by Gasteiger charge is 2.28. The summed E-state index contributed by atoms with van der Waals surface area (Å²) in [6, 6.07) is 3.21. The molecular formula is C13H22BrN3S. The molecule has 1 aromatic heterocycles. The van der Waals surface area contributed by atoms with Gasteiger partial charge in [-0.25, -0.2) is 0 Å². The Hall–Kier alpha value is 0.0600. The summed E-state index contributed by atoms with van der Waals surface area (Å²) in [6.45, 7) is 9.79. The molecule has 2 heterocycles. The van der Waals surface area contributed by atoms with E-state index in [-0.39, 0.29) is 0 Å². The zero-order valence-electron chi connectivity index (χ0n) is 11.1. The van der Waals surface area contributed by atoms with Crippen LogP contribution in [0.4, 0.5) is 0 Å². The lowest BCUT2D eigenvalue weighted by atomic mass is 10.1. The van der Waals surface area contributed by atoms with Gasteiger partial charge in [-0.05, 0) is 35.5 Å². The first kappa shape index (κ1) is 14.5. The molecule has 1 aromatic rings. The lowest BCUT2D eigenvalue weighted by molar-refractivity contribution is 0.0616. The summed E-state index contributed by atoms with van der Waals surface area (Å²) in [7, 11) is 0. The largest absolute Gasteiger partial charge is 0.329 e. The molecule has 3 nitrogen and oxygen atoms in total. The van der Waals surface area contributed by atoms with Crippen LogP contribution in [0.25, 0.3) is 0 Å². The average Bonchev–Trinajstić information content (AvgIpc) is 2.77. The van der Waals surface area contributed by atoms with Gasteiger partial charge in [-0.2, -0.15) is 0 Å². The minimum absolute atomic E-state index is 0.378. The molecule has 0 spiro atoms. The molecule has 5 heteroatoms. The molecule has 2 unspecified atom stereocenters. The third-order valence-electron chi connectivity index (χ3n) is 3.78. The summed E-state index contributed by atoms with van der Waals surface area (Å²) >= 11 is 5.33. The second-order valence-corrected chi connectivity index (χ2v) is 6.75. The molecule has 0 radical (unpaired) electrons. The van der Waals surface area contributed by atoms with Gasteiger partial charge in [0.25, 0.3) is 0 Å². The molecule has 1 aliphatic heterocycles. The van der Waals surface area contributed by atoms with E-state index in [0.29, 0.717) is 18.6 Å². The molecular weight excluding hydrogens is 310 g/mol. The van der Waals surface area contributed by atoms with Crippen LogP contribution in [0.1, 0.15) is 24.8 Å². The average molecular weight is 332 g/mol. The summed E-state index contributed by atoms with van der Waals surface area (Å²) in [5.41, 5.74) is 5.99. The van der Waals surface area contributed by atoms with E-state index in [0.717, 1.165) is 26.2 Å². The summed E-state index contributed by atoms with van der Waals surface area (Å²) in [5.74, 6) is 0. The van der Waals surface area contributed by atoms with Crippen molar-refractivity contribution in [1.82, 2.24) is 9.80 Å². The number of likely N-dealkylation sites (N-methyl/N-ethyl adjacent to an activating group) is 1. The van der Waals surface area contributed by atoms with Crippen LogP contribution in [0.15, 0.2) is 15.9 Å². The Labute approximate surface area is 122 Å². The van der Waals surface area contributed by atoms with Gasteiger partial charge in [0, 0.05) is 47.0 Å². The number of hydrogen-bond acceptors (Lipinski definition) is 4. The van der Waals surface area contributed by atoms with Crippen LogP contribution in [0, 0.1) is 0 Å². The van der Waals surface area contributed by atoms with Gasteiger partial charge in [-0.15, -0.1) is 11.3 Å². The van der Waals surface area contributed by atoms with Crippen molar-refractivity contribution in [2.45, 2.75) is 25.9 Å². The second-order valence-electron chi connectivity index (χ2n) is 4.89. The first-order chi connectivity index (χ1) is 8.65. The van der Waals surface area contributed by atoms with Crippen LogP contribution in [0.3, 0.4) is 0 Å². The summed E-state index contributed by atoms with van der Waals surface area (Å²) in [5, 5.41) is 2.14. The first-order valence-electron chi connectivity index (χ1n) is 6.57. The van der Waals surface area contributed by atoms with E-state index in [2.05, 4.69) is 51.0 Å². The van der Waals surface area contributed by atoms with Crippen molar-refractivity contribution in [2.24, 2.45) is 5.73 Å². The fourth-order valence-corrected chi connectivity index (χ4v) is 4.32. The van der Waals surface area contributed by atoms with Crippen LogP contribution in [-0.2, 0) is 0 Å². The number of hydrogen-bond donors (Lipinski definition) is 1. The highest BCUT2D eigenvalue weighted by atomic mass is 79.9. The van der Waals surface area contributed by atoms with Gasteiger partial charge in [-0.3, -0.25) is 9.80 Å². The zero-order valence-corrected chi connectivity index (χ0v) is 13.5. The predicted molar refractivity (Wildman–Crippen MR) is 82.1 cm³/mol. The number of rotatable bonds is 4. The van der Waals surface area contributed by atoms with Crippen LogP contribution < -0.4 is 5.73 Å². The zero-order chi connectivity index (χ0) is 13.1. The number of nitrogens with zero attached hydrogens (tertiary/aromatic N) is 2. The topological polar surface area (TPSA) is 32.5 Å². The minimum Gasteiger partial charge on any atom is -0.329 e. The maximum absolute atomic E-state index is 5.99. The highest BCUT2D eigenvalue weighted by molar-refractivity contribution is 9.10. The van der Waals surface area contributed by atoms with Crippen LogP contribution >= 0.6 is 27.3 Å². The van der Waals surface area contributed by atoms with E-state index in [1.807, 2.05) is 0 Å². The van der Waals surface area contributed by atoms with Crippen LogP contribution in [0.5, 0.6) is 0 Å². The molecule has 1 saturated heterocycles. The van der Waals surface area contributed by atoms with E-state index < -0.39 is 0 Å². The predicted octanol–water partition coefficient (Wildman–Crippen LogP) is 2.54. The minimum atomic E-state index is 0.378. The Kier molecular flexibility index (Phi) is 5.21. The van der Waals surface area contributed by atoms with Gasteiger partial charge in [0.05, 0.1) is 6.04 Å². The second kappa shape index (κ2) is 6.48. The fourth-order valence-electron chi connectivity index (χ4n) is 2.72. The molecule has 2 atom stereocenters. The van der Waals surface area contributed by atoms with Gasteiger partial charge in [0.15, 0.2) is 0 Å². The third kappa shape index (κ3) is 3.14. The lowest BCUT2D eigenvalue weighted by Gasteiger charge is -2.42. The molecule has 0 bridgehead atoms. The molecule has 1 aliphatic rings. The Morgan fingerprint density at radius 3 is 2.83 bits per heavy atom. The maximum atomic E-state index is 5.99. The van der Waals surface area contributed by atoms with Gasteiger partial charge in [0.1, 0.15) is 0 Å². The molecule has 0 aliphatic carbocycles. The number of nitrogens with two attached hydrogens (primary N) is 1. The maximum Gasteiger partial charge on any atom is 0.0565 e. The first-order valence-corrected chi connectivity index (χ1v) is 8.25.